The molecular weight excluding hydrogens is 290 g/mol. The van der Waals surface area contributed by atoms with E-state index in [1.54, 1.807) is 24.3 Å². The summed E-state index contributed by atoms with van der Waals surface area (Å²) in [4.78, 5) is 11.2. The third kappa shape index (κ3) is 5.51. The lowest BCUT2D eigenvalue weighted by Gasteiger charge is -2.18. The van der Waals surface area contributed by atoms with Crippen LogP contribution < -0.4 is 10.1 Å². The molecule has 4 heteroatoms. The van der Waals surface area contributed by atoms with Gasteiger partial charge in [-0.25, -0.2) is 0 Å². The summed E-state index contributed by atoms with van der Waals surface area (Å²) in [6, 6.07) is 17.2. The molecule has 23 heavy (non-hydrogen) atoms. The number of rotatable bonds is 8. The summed E-state index contributed by atoms with van der Waals surface area (Å²) >= 11 is 0. The van der Waals surface area contributed by atoms with Crippen LogP contribution in [0.25, 0.3) is 0 Å². The van der Waals surface area contributed by atoms with Gasteiger partial charge in [0.15, 0.2) is 5.78 Å². The van der Waals surface area contributed by atoms with E-state index in [0.29, 0.717) is 17.9 Å². The van der Waals surface area contributed by atoms with Crippen LogP contribution in [0.2, 0.25) is 0 Å². The number of ether oxygens (including phenoxy) is 1. The highest BCUT2D eigenvalue weighted by Crippen LogP contribution is 2.13. The maximum Gasteiger partial charge on any atom is 0.159 e. The summed E-state index contributed by atoms with van der Waals surface area (Å²) in [7, 11) is 0. The number of carbonyl (C=O) groups excluding carboxylic acids is 1. The highest BCUT2D eigenvalue weighted by Gasteiger charge is 2.09. The maximum atomic E-state index is 11.2. The summed E-state index contributed by atoms with van der Waals surface area (Å²) in [5, 5.41) is 13.3. The Morgan fingerprint density at radius 3 is 2.39 bits per heavy atom. The average Bonchev–Trinajstić information content (AvgIpc) is 2.59. The third-order valence-corrected chi connectivity index (χ3v) is 3.66. The Balaban J connectivity index is 1.74. The van der Waals surface area contributed by atoms with E-state index >= 15 is 0 Å². The zero-order valence-electron chi connectivity index (χ0n) is 13.5. The molecule has 0 aliphatic rings. The summed E-state index contributed by atoms with van der Waals surface area (Å²) in [5.41, 5.74) is 1.83. The fourth-order valence-corrected chi connectivity index (χ4v) is 2.21. The largest absolute Gasteiger partial charge is 0.491 e. The van der Waals surface area contributed by atoms with Gasteiger partial charge in [0, 0.05) is 18.2 Å². The molecule has 0 saturated heterocycles. The molecule has 0 heterocycles. The van der Waals surface area contributed by atoms with E-state index in [0.717, 1.165) is 0 Å². The first-order chi connectivity index (χ1) is 11.1. The summed E-state index contributed by atoms with van der Waals surface area (Å²) in [6.07, 6.45) is -0.603. The van der Waals surface area contributed by atoms with Crippen LogP contribution in [0.4, 0.5) is 0 Å². The van der Waals surface area contributed by atoms with Crippen LogP contribution in [0, 0.1) is 0 Å². The molecule has 0 bridgehead atoms. The Morgan fingerprint density at radius 1 is 1.13 bits per heavy atom. The normalized spacial score (nSPS) is 13.3. The van der Waals surface area contributed by atoms with Crippen molar-refractivity contribution in [2.45, 2.75) is 26.0 Å². The molecule has 0 fully saturated rings. The molecular formula is C19H23NO3. The smallest absolute Gasteiger partial charge is 0.159 e. The van der Waals surface area contributed by atoms with Crippen molar-refractivity contribution in [3.8, 4) is 5.75 Å². The van der Waals surface area contributed by atoms with E-state index in [4.69, 9.17) is 4.74 Å². The lowest BCUT2D eigenvalue weighted by Crippen LogP contribution is -2.33. The minimum absolute atomic E-state index is 0.0238. The lowest BCUT2D eigenvalue weighted by molar-refractivity contribution is 0.101. The molecule has 4 nitrogen and oxygen atoms in total. The Labute approximate surface area is 137 Å². The molecule has 2 atom stereocenters. The van der Waals surface area contributed by atoms with Gasteiger partial charge in [0.2, 0.25) is 0 Å². The van der Waals surface area contributed by atoms with Gasteiger partial charge in [-0.2, -0.15) is 0 Å². The standard InChI is InChI=1S/C19H23NO3/c1-14(16-6-4-3-5-7-16)20-12-18(22)13-23-19-10-8-17(9-11-19)15(2)21/h3-11,14,18,20,22H,12-13H2,1-2H3/t14-,18-/m1/s1. The first-order valence-electron chi connectivity index (χ1n) is 7.76. The number of hydrogen-bond acceptors (Lipinski definition) is 4. The Morgan fingerprint density at radius 2 is 1.78 bits per heavy atom. The predicted octanol–water partition coefficient (Wildman–Crippen LogP) is 2.98. The Bertz CT molecular complexity index is 610. The van der Waals surface area contributed by atoms with Crippen molar-refractivity contribution in [2.75, 3.05) is 13.2 Å². The zero-order valence-corrected chi connectivity index (χ0v) is 13.5. The fourth-order valence-electron chi connectivity index (χ4n) is 2.21. The molecule has 2 aromatic carbocycles. The first-order valence-corrected chi connectivity index (χ1v) is 7.76. The van der Waals surface area contributed by atoms with Crippen molar-refractivity contribution in [2.24, 2.45) is 0 Å². The Kier molecular flexibility index (Phi) is 6.32. The molecule has 0 aliphatic heterocycles. The van der Waals surface area contributed by atoms with E-state index in [1.807, 2.05) is 18.2 Å². The van der Waals surface area contributed by atoms with Gasteiger partial charge >= 0.3 is 0 Å². The lowest BCUT2D eigenvalue weighted by atomic mass is 10.1. The fraction of sp³-hybridized carbons (Fsp3) is 0.316. The number of Topliss-reactive ketones (excluding diaryl/α,β-unsaturated/α-hetero) is 1. The van der Waals surface area contributed by atoms with Crippen molar-refractivity contribution in [1.82, 2.24) is 5.32 Å². The molecule has 2 N–H and O–H groups in total. The van der Waals surface area contributed by atoms with Crippen molar-refractivity contribution in [3.05, 3.63) is 65.7 Å². The molecule has 2 aromatic rings. The number of carbonyl (C=O) groups is 1. The number of aliphatic hydroxyl groups is 1. The molecule has 0 saturated carbocycles. The highest BCUT2D eigenvalue weighted by molar-refractivity contribution is 5.94. The van der Waals surface area contributed by atoms with Gasteiger partial charge in [0.25, 0.3) is 0 Å². The summed E-state index contributed by atoms with van der Waals surface area (Å²) in [6.45, 7) is 4.23. The molecule has 0 radical (unpaired) electrons. The minimum Gasteiger partial charge on any atom is -0.491 e. The highest BCUT2D eigenvalue weighted by atomic mass is 16.5. The monoisotopic (exact) mass is 313 g/mol. The summed E-state index contributed by atoms with van der Waals surface area (Å²) in [5.74, 6) is 0.667. The van der Waals surface area contributed by atoms with Crippen LogP contribution in [0.5, 0.6) is 5.75 Å². The SMILES string of the molecule is CC(=O)c1ccc(OC[C@H](O)CN[C@H](C)c2ccccc2)cc1. The van der Waals surface area contributed by atoms with Crippen LogP contribution in [-0.2, 0) is 0 Å². The van der Waals surface area contributed by atoms with Crippen molar-refractivity contribution < 1.29 is 14.6 Å². The number of benzene rings is 2. The van der Waals surface area contributed by atoms with E-state index in [-0.39, 0.29) is 18.4 Å². The molecule has 0 spiro atoms. The van der Waals surface area contributed by atoms with Gasteiger partial charge in [0.1, 0.15) is 18.5 Å². The van der Waals surface area contributed by atoms with Gasteiger partial charge < -0.3 is 15.2 Å². The average molecular weight is 313 g/mol. The van der Waals surface area contributed by atoms with Crippen LogP contribution in [-0.4, -0.2) is 30.1 Å². The number of nitrogens with one attached hydrogen (secondary N) is 1. The molecule has 0 amide bonds. The molecule has 0 aromatic heterocycles. The summed E-state index contributed by atoms with van der Waals surface area (Å²) < 4.78 is 5.54. The van der Waals surface area contributed by atoms with Gasteiger partial charge in [0.05, 0.1) is 0 Å². The van der Waals surface area contributed by atoms with Gasteiger partial charge in [-0.15, -0.1) is 0 Å². The second-order valence-electron chi connectivity index (χ2n) is 5.59. The van der Waals surface area contributed by atoms with Gasteiger partial charge in [-0.1, -0.05) is 30.3 Å². The minimum atomic E-state index is -0.603. The topological polar surface area (TPSA) is 58.6 Å². The Hall–Kier alpha value is -2.17. The maximum absolute atomic E-state index is 11.2. The molecule has 122 valence electrons. The molecule has 0 unspecified atom stereocenters. The van der Waals surface area contributed by atoms with Crippen molar-refractivity contribution in [3.63, 3.8) is 0 Å². The van der Waals surface area contributed by atoms with E-state index < -0.39 is 6.10 Å². The molecule has 2 rings (SSSR count). The van der Waals surface area contributed by atoms with E-state index in [2.05, 4.69) is 24.4 Å². The van der Waals surface area contributed by atoms with Crippen LogP contribution in [0.15, 0.2) is 54.6 Å². The van der Waals surface area contributed by atoms with E-state index in [9.17, 15) is 9.90 Å². The second-order valence-corrected chi connectivity index (χ2v) is 5.59. The number of aliphatic hydroxyl groups excluding tert-OH is 1. The zero-order chi connectivity index (χ0) is 16.7. The van der Waals surface area contributed by atoms with Gasteiger partial charge in [-0.3, -0.25) is 4.79 Å². The number of hydrogen-bond donors (Lipinski definition) is 2. The first kappa shape index (κ1) is 17.2. The van der Waals surface area contributed by atoms with Crippen LogP contribution in [0.3, 0.4) is 0 Å². The van der Waals surface area contributed by atoms with Crippen LogP contribution >= 0.6 is 0 Å². The second kappa shape index (κ2) is 8.46. The van der Waals surface area contributed by atoms with Gasteiger partial charge in [-0.05, 0) is 43.7 Å². The van der Waals surface area contributed by atoms with Crippen molar-refractivity contribution in [1.29, 1.82) is 0 Å². The van der Waals surface area contributed by atoms with E-state index in [1.165, 1.54) is 12.5 Å². The molecule has 0 aliphatic carbocycles. The quantitative estimate of drug-likeness (QED) is 0.736. The third-order valence-electron chi connectivity index (χ3n) is 3.66. The van der Waals surface area contributed by atoms with Crippen LogP contribution in [0.1, 0.15) is 35.8 Å². The number of ketones is 1. The van der Waals surface area contributed by atoms with Crippen molar-refractivity contribution >= 4 is 5.78 Å². The predicted molar refractivity (Wildman–Crippen MR) is 90.8 cm³/mol.